The molecule has 2 aliphatic rings. The first-order valence-corrected chi connectivity index (χ1v) is 9.53. The molecule has 0 spiro atoms. The van der Waals surface area contributed by atoms with Gasteiger partial charge in [-0.2, -0.15) is 0 Å². The van der Waals surface area contributed by atoms with Crippen LogP contribution in [0.1, 0.15) is 67.2 Å². The molecule has 2 rings (SSSR count). The van der Waals surface area contributed by atoms with Crippen LogP contribution in [0.5, 0.6) is 0 Å². The number of amides is 3. The van der Waals surface area contributed by atoms with Crippen molar-refractivity contribution in [2.24, 2.45) is 22.7 Å². The van der Waals surface area contributed by atoms with Crippen LogP contribution in [-0.4, -0.2) is 47.2 Å². The van der Waals surface area contributed by atoms with Crippen LogP contribution in [0.2, 0.25) is 0 Å². The van der Waals surface area contributed by atoms with Crippen LogP contribution < -0.4 is 0 Å². The van der Waals surface area contributed by atoms with Gasteiger partial charge >= 0.3 is 0 Å². The molecule has 0 saturated carbocycles. The Morgan fingerprint density at radius 3 is 2.20 bits per heavy atom. The molecule has 0 radical (unpaired) electrons. The fourth-order valence-corrected chi connectivity index (χ4v) is 3.83. The Labute approximate surface area is 152 Å². The Kier molecular flexibility index (Phi) is 5.65. The summed E-state index contributed by atoms with van der Waals surface area (Å²) in [6, 6.07) is 0. The van der Waals surface area contributed by atoms with E-state index in [1.807, 2.05) is 25.7 Å². The van der Waals surface area contributed by atoms with Gasteiger partial charge in [-0.3, -0.25) is 19.3 Å². The lowest BCUT2D eigenvalue weighted by atomic mass is 9.80. The van der Waals surface area contributed by atoms with Crippen LogP contribution in [0.15, 0.2) is 0 Å². The summed E-state index contributed by atoms with van der Waals surface area (Å²) in [6.07, 6.45) is 2.33. The number of imide groups is 1. The van der Waals surface area contributed by atoms with Gasteiger partial charge in [0.15, 0.2) is 0 Å². The molecule has 2 atom stereocenters. The van der Waals surface area contributed by atoms with E-state index < -0.39 is 0 Å². The predicted octanol–water partition coefficient (Wildman–Crippen LogP) is 3.08. The van der Waals surface area contributed by atoms with Crippen LogP contribution in [-0.2, 0) is 14.4 Å². The number of rotatable bonds is 4. The molecule has 25 heavy (non-hydrogen) atoms. The average molecular weight is 351 g/mol. The maximum Gasteiger partial charge on any atom is 0.233 e. The zero-order valence-electron chi connectivity index (χ0n) is 16.7. The van der Waals surface area contributed by atoms with E-state index in [-0.39, 0.29) is 34.5 Å². The second kappa shape index (κ2) is 7.08. The summed E-state index contributed by atoms with van der Waals surface area (Å²) in [5, 5.41) is 0. The third kappa shape index (κ3) is 4.62. The smallest absolute Gasteiger partial charge is 0.233 e. The van der Waals surface area contributed by atoms with Crippen LogP contribution in [0.4, 0.5) is 0 Å². The molecule has 2 aliphatic heterocycles. The van der Waals surface area contributed by atoms with E-state index in [0.717, 1.165) is 19.5 Å². The first-order chi connectivity index (χ1) is 11.4. The van der Waals surface area contributed by atoms with Gasteiger partial charge in [-0.1, -0.05) is 41.5 Å². The van der Waals surface area contributed by atoms with Gasteiger partial charge in [0.1, 0.15) is 0 Å². The Morgan fingerprint density at radius 2 is 1.72 bits per heavy atom. The summed E-state index contributed by atoms with van der Waals surface area (Å²) in [5.41, 5.74) is 0.0280. The number of likely N-dealkylation sites (tertiary alicyclic amines) is 2. The first-order valence-electron chi connectivity index (χ1n) is 9.53. The van der Waals surface area contributed by atoms with Gasteiger partial charge in [0.25, 0.3) is 0 Å². The van der Waals surface area contributed by atoms with E-state index in [1.54, 1.807) is 0 Å². The molecule has 0 aromatic rings. The molecule has 3 amide bonds. The van der Waals surface area contributed by atoms with E-state index in [4.69, 9.17) is 0 Å². The Hall–Kier alpha value is -1.39. The molecule has 1 unspecified atom stereocenters. The highest BCUT2D eigenvalue weighted by Gasteiger charge is 2.44. The monoisotopic (exact) mass is 350 g/mol. The molecule has 0 N–H and O–H groups in total. The van der Waals surface area contributed by atoms with Crippen molar-refractivity contribution in [1.29, 1.82) is 0 Å². The van der Waals surface area contributed by atoms with E-state index in [1.165, 1.54) is 4.90 Å². The van der Waals surface area contributed by atoms with Crippen molar-refractivity contribution < 1.29 is 14.4 Å². The normalized spacial score (nSPS) is 25.2. The molecule has 2 fully saturated rings. The zero-order chi connectivity index (χ0) is 19.0. The first kappa shape index (κ1) is 19.9. The number of hydrogen-bond acceptors (Lipinski definition) is 3. The second-order valence-electron chi connectivity index (χ2n) is 9.80. The largest absolute Gasteiger partial charge is 0.342 e. The van der Waals surface area contributed by atoms with E-state index >= 15 is 0 Å². The van der Waals surface area contributed by atoms with Crippen LogP contribution in [0.25, 0.3) is 0 Å². The van der Waals surface area contributed by atoms with Gasteiger partial charge in [-0.25, -0.2) is 0 Å². The highest BCUT2D eigenvalue weighted by atomic mass is 16.2. The maximum atomic E-state index is 12.5. The molecule has 2 saturated heterocycles. The Morgan fingerprint density at radius 1 is 1.08 bits per heavy atom. The quantitative estimate of drug-likeness (QED) is 0.732. The van der Waals surface area contributed by atoms with E-state index in [0.29, 0.717) is 31.7 Å². The molecule has 0 aromatic heterocycles. The summed E-state index contributed by atoms with van der Waals surface area (Å²) in [4.78, 5) is 40.3. The summed E-state index contributed by atoms with van der Waals surface area (Å²) >= 11 is 0. The topological polar surface area (TPSA) is 57.7 Å². The fraction of sp³-hybridized carbons (Fsp3) is 0.850. The zero-order valence-corrected chi connectivity index (χ0v) is 16.7. The lowest BCUT2D eigenvalue weighted by Gasteiger charge is -2.27. The number of hydrogen-bond donors (Lipinski definition) is 0. The van der Waals surface area contributed by atoms with Crippen LogP contribution in [0.3, 0.4) is 0 Å². The van der Waals surface area contributed by atoms with Crippen molar-refractivity contribution in [3.63, 3.8) is 0 Å². The molecular weight excluding hydrogens is 316 g/mol. The highest BCUT2D eigenvalue weighted by molar-refractivity contribution is 6.03. The molecule has 0 aromatic carbocycles. The van der Waals surface area contributed by atoms with Gasteiger partial charge in [0, 0.05) is 32.5 Å². The number of carbonyl (C=O) groups excluding carboxylic acids is 3. The summed E-state index contributed by atoms with van der Waals surface area (Å²) < 4.78 is 0. The molecule has 142 valence electrons. The van der Waals surface area contributed by atoms with Gasteiger partial charge in [0.05, 0.1) is 5.92 Å². The minimum absolute atomic E-state index is 0.0704. The Balaban J connectivity index is 1.80. The predicted molar refractivity (Wildman–Crippen MR) is 97.7 cm³/mol. The lowest BCUT2D eigenvalue weighted by Crippen LogP contribution is -2.36. The third-order valence-electron chi connectivity index (χ3n) is 5.83. The average Bonchev–Trinajstić information content (AvgIpc) is 3.05. The molecule has 2 heterocycles. The standard InChI is InChI=1S/C20H34N2O3/c1-19(2,3)14-9-11-21(13-14)16(23)8-7-10-22-17(24)12-15(18(22)25)20(4,5)6/h14-15H,7-13H2,1-6H3/t14-,15?/m1/s1. The van der Waals surface area contributed by atoms with Gasteiger partial charge in [-0.15, -0.1) is 0 Å². The van der Waals surface area contributed by atoms with E-state index in [9.17, 15) is 14.4 Å². The lowest BCUT2D eigenvalue weighted by molar-refractivity contribution is -0.141. The van der Waals surface area contributed by atoms with Gasteiger partial charge in [0.2, 0.25) is 17.7 Å². The molecule has 5 heteroatoms. The summed E-state index contributed by atoms with van der Waals surface area (Å²) in [7, 11) is 0. The van der Waals surface area contributed by atoms with Crippen molar-refractivity contribution in [3.05, 3.63) is 0 Å². The third-order valence-corrected chi connectivity index (χ3v) is 5.83. The number of nitrogens with zero attached hydrogens (tertiary/aromatic N) is 2. The summed E-state index contributed by atoms with van der Waals surface area (Å²) in [6.45, 7) is 14.7. The summed E-state index contributed by atoms with van der Waals surface area (Å²) in [5.74, 6) is 0.302. The minimum Gasteiger partial charge on any atom is -0.342 e. The van der Waals surface area contributed by atoms with Gasteiger partial charge in [-0.05, 0) is 29.6 Å². The van der Waals surface area contributed by atoms with Gasteiger partial charge < -0.3 is 4.90 Å². The van der Waals surface area contributed by atoms with Crippen LogP contribution >= 0.6 is 0 Å². The number of carbonyl (C=O) groups is 3. The van der Waals surface area contributed by atoms with Crippen molar-refractivity contribution in [2.75, 3.05) is 19.6 Å². The molecule has 0 bridgehead atoms. The van der Waals surface area contributed by atoms with Crippen molar-refractivity contribution >= 4 is 17.7 Å². The van der Waals surface area contributed by atoms with Crippen molar-refractivity contribution in [2.45, 2.75) is 67.2 Å². The maximum absolute atomic E-state index is 12.5. The second-order valence-corrected chi connectivity index (χ2v) is 9.80. The van der Waals surface area contributed by atoms with Crippen molar-refractivity contribution in [3.8, 4) is 0 Å². The molecule has 0 aliphatic carbocycles. The molecule has 5 nitrogen and oxygen atoms in total. The molecular formula is C20H34N2O3. The SMILES string of the molecule is CC(C)(C)C1CC(=O)N(CCCC(=O)N2CC[C@@H](C(C)(C)C)C2)C1=O. The Bertz CT molecular complexity index is 542. The fourth-order valence-electron chi connectivity index (χ4n) is 3.83. The van der Waals surface area contributed by atoms with Crippen LogP contribution in [0, 0.1) is 22.7 Å². The van der Waals surface area contributed by atoms with E-state index in [2.05, 4.69) is 20.8 Å². The minimum atomic E-state index is -0.234. The highest BCUT2D eigenvalue weighted by Crippen LogP contribution is 2.36. The van der Waals surface area contributed by atoms with Crippen molar-refractivity contribution in [1.82, 2.24) is 9.80 Å².